The molecule has 1 aromatic heterocycles. The summed E-state index contributed by atoms with van der Waals surface area (Å²) in [4.78, 5) is 4.12. The number of methoxy groups -OCH3 is 2. The number of benzene rings is 1. The Morgan fingerprint density at radius 2 is 2.06 bits per heavy atom. The van der Waals surface area contributed by atoms with E-state index in [1.807, 2.05) is 0 Å². The number of hydrogen-bond donors (Lipinski definition) is 1. The van der Waals surface area contributed by atoms with Gasteiger partial charge in [-0.2, -0.15) is 4.98 Å². The molecule has 2 rings (SSSR count). The molecular formula is C12H15N3O3. The third kappa shape index (κ3) is 2.28. The van der Waals surface area contributed by atoms with Crippen molar-refractivity contribution in [2.45, 2.75) is 13.0 Å². The highest BCUT2D eigenvalue weighted by Gasteiger charge is 2.19. The Kier molecular flexibility index (Phi) is 3.47. The van der Waals surface area contributed by atoms with E-state index >= 15 is 0 Å². The van der Waals surface area contributed by atoms with Crippen LogP contribution in [-0.4, -0.2) is 24.4 Å². The predicted octanol–water partition coefficient (Wildman–Crippen LogP) is 1.44. The molecule has 18 heavy (non-hydrogen) atoms. The van der Waals surface area contributed by atoms with Crippen LogP contribution < -0.4 is 15.2 Å². The lowest BCUT2D eigenvalue weighted by atomic mass is 10.1. The molecule has 1 atom stereocenters. The van der Waals surface area contributed by atoms with Gasteiger partial charge in [-0.15, -0.1) is 0 Å². The summed E-state index contributed by atoms with van der Waals surface area (Å²) in [5.74, 6) is 2.24. The van der Waals surface area contributed by atoms with Gasteiger partial charge in [0.1, 0.15) is 11.5 Å². The second kappa shape index (κ2) is 5.05. The number of nitrogens with zero attached hydrogens (tertiary/aromatic N) is 2. The number of rotatable bonds is 4. The van der Waals surface area contributed by atoms with E-state index in [2.05, 4.69) is 10.1 Å². The van der Waals surface area contributed by atoms with Gasteiger partial charge >= 0.3 is 0 Å². The minimum atomic E-state index is -0.521. The molecule has 0 saturated heterocycles. The molecule has 0 saturated carbocycles. The van der Waals surface area contributed by atoms with Crippen LogP contribution >= 0.6 is 0 Å². The highest BCUT2D eigenvalue weighted by atomic mass is 16.5. The zero-order valence-corrected chi connectivity index (χ0v) is 10.5. The molecule has 0 aliphatic carbocycles. The smallest absolute Gasteiger partial charge is 0.223 e. The summed E-state index contributed by atoms with van der Waals surface area (Å²) in [6.07, 6.45) is 0. The summed E-state index contributed by atoms with van der Waals surface area (Å²) in [7, 11) is 3.18. The molecule has 2 N–H and O–H groups in total. The van der Waals surface area contributed by atoms with Crippen LogP contribution in [0.4, 0.5) is 0 Å². The summed E-state index contributed by atoms with van der Waals surface area (Å²) in [5, 5.41) is 3.82. The maximum Gasteiger partial charge on any atom is 0.223 e. The van der Waals surface area contributed by atoms with Gasteiger partial charge in [-0.1, -0.05) is 5.16 Å². The van der Waals surface area contributed by atoms with Crippen LogP contribution in [0.1, 0.15) is 23.3 Å². The highest BCUT2D eigenvalue weighted by Crippen LogP contribution is 2.30. The molecule has 0 bridgehead atoms. The minimum absolute atomic E-state index is 0.416. The molecule has 0 amide bonds. The topological polar surface area (TPSA) is 83.4 Å². The van der Waals surface area contributed by atoms with E-state index < -0.39 is 6.04 Å². The molecule has 0 radical (unpaired) electrons. The molecule has 6 heteroatoms. The van der Waals surface area contributed by atoms with Crippen molar-refractivity contribution in [3.05, 3.63) is 35.5 Å². The zero-order valence-electron chi connectivity index (χ0n) is 10.5. The second-order valence-corrected chi connectivity index (χ2v) is 3.76. The lowest BCUT2D eigenvalue weighted by Gasteiger charge is -2.13. The van der Waals surface area contributed by atoms with Crippen LogP contribution in [0.2, 0.25) is 0 Å². The van der Waals surface area contributed by atoms with Crippen LogP contribution in [0.15, 0.2) is 22.7 Å². The molecule has 0 spiro atoms. The Bertz CT molecular complexity index is 539. The fourth-order valence-electron chi connectivity index (χ4n) is 1.66. The van der Waals surface area contributed by atoms with Crippen LogP contribution in [0.5, 0.6) is 11.5 Å². The Hall–Kier alpha value is -2.08. The van der Waals surface area contributed by atoms with Crippen molar-refractivity contribution in [1.82, 2.24) is 10.1 Å². The van der Waals surface area contributed by atoms with Gasteiger partial charge in [0.2, 0.25) is 5.89 Å². The van der Waals surface area contributed by atoms with Crippen molar-refractivity contribution in [2.24, 2.45) is 5.73 Å². The number of aryl methyl sites for hydroxylation is 1. The maximum absolute atomic E-state index is 6.11. The van der Waals surface area contributed by atoms with Gasteiger partial charge < -0.3 is 19.7 Å². The van der Waals surface area contributed by atoms with Crippen LogP contribution in [0.25, 0.3) is 0 Å². The van der Waals surface area contributed by atoms with Gasteiger partial charge in [0.15, 0.2) is 5.82 Å². The molecular weight excluding hydrogens is 234 g/mol. The minimum Gasteiger partial charge on any atom is -0.497 e. The van der Waals surface area contributed by atoms with E-state index in [4.69, 9.17) is 19.7 Å². The maximum atomic E-state index is 6.11. The zero-order chi connectivity index (χ0) is 13.1. The van der Waals surface area contributed by atoms with Gasteiger partial charge in [-0.05, 0) is 18.2 Å². The van der Waals surface area contributed by atoms with Gasteiger partial charge in [-0.3, -0.25) is 0 Å². The largest absolute Gasteiger partial charge is 0.497 e. The van der Waals surface area contributed by atoms with Gasteiger partial charge in [0.05, 0.1) is 20.3 Å². The number of hydrogen-bond acceptors (Lipinski definition) is 6. The van der Waals surface area contributed by atoms with Gasteiger partial charge in [0, 0.05) is 12.5 Å². The fourth-order valence-corrected chi connectivity index (χ4v) is 1.66. The SMILES string of the molecule is COc1ccc(OC)c(C(N)c2noc(C)n2)c1. The number of aromatic nitrogens is 2. The van der Waals surface area contributed by atoms with Gasteiger partial charge in [0.25, 0.3) is 0 Å². The average Bonchev–Trinajstić information content (AvgIpc) is 2.83. The van der Waals surface area contributed by atoms with Crippen molar-refractivity contribution < 1.29 is 14.0 Å². The lowest BCUT2D eigenvalue weighted by Crippen LogP contribution is -2.15. The molecule has 2 aromatic rings. The van der Waals surface area contributed by atoms with E-state index in [9.17, 15) is 0 Å². The molecule has 1 unspecified atom stereocenters. The number of nitrogens with two attached hydrogens (primary N) is 1. The second-order valence-electron chi connectivity index (χ2n) is 3.76. The van der Waals surface area contributed by atoms with E-state index in [-0.39, 0.29) is 0 Å². The van der Waals surface area contributed by atoms with Crippen molar-refractivity contribution >= 4 is 0 Å². The molecule has 1 heterocycles. The quantitative estimate of drug-likeness (QED) is 0.882. The molecule has 1 aromatic carbocycles. The first-order valence-electron chi connectivity index (χ1n) is 5.43. The summed E-state index contributed by atoms with van der Waals surface area (Å²) >= 11 is 0. The van der Waals surface area contributed by atoms with Crippen molar-refractivity contribution in [3.8, 4) is 11.5 Å². The van der Waals surface area contributed by atoms with Crippen molar-refractivity contribution in [1.29, 1.82) is 0 Å². The number of ether oxygens (including phenoxy) is 2. The molecule has 0 fully saturated rings. The lowest BCUT2D eigenvalue weighted by molar-refractivity contribution is 0.381. The van der Waals surface area contributed by atoms with E-state index in [1.54, 1.807) is 39.3 Å². The van der Waals surface area contributed by atoms with E-state index in [0.717, 1.165) is 5.56 Å². The Labute approximate surface area is 105 Å². The van der Waals surface area contributed by atoms with Crippen molar-refractivity contribution in [3.63, 3.8) is 0 Å². The predicted molar refractivity (Wildman–Crippen MR) is 64.6 cm³/mol. The fraction of sp³-hybridized carbons (Fsp3) is 0.333. The third-order valence-electron chi connectivity index (χ3n) is 2.59. The first kappa shape index (κ1) is 12.4. The first-order valence-corrected chi connectivity index (χ1v) is 5.43. The standard InChI is InChI=1S/C12H15N3O3/c1-7-14-12(15-18-7)11(13)9-6-8(16-2)4-5-10(9)17-3/h4-6,11H,13H2,1-3H3. The van der Waals surface area contributed by atoms with E-state index in [1.165, 1.54) is 0 Å². The van der Waals surface area contributed by atoms with Crippen LogP contribution in [0, 0.1) is 6.92 Å². The third-order valence-corrected chi connectivity index (χ3v) is 2.59. The molecule has 0 aliphatic rings. The first-order chi connectivity index (χ1) is 8.65. The summed E-state index contributed by atoms with van der Waals surface area (Å²) in [5.41, 5.74) is 6.86. The van der Waals surface area contributed by atoms with Gasteiger partial charge in [-0.25, -0.2) is 0 Å². The molecule has 6 nitrogen and oxygen atoms in total. The van der Waals surface area contributed by atoms with Crippen LogP contribution in [-0.2, 0) is 0 Å². The molecule has 96 valence electrons. The monoisotopic (exact) mass is 249 g/mol. The summed E-state index contributed by atoms with van der Waals surface area (Å²) in [6, 6.07) is 4.87. The van der Waals surface area contributed by atoms with Crippen LogP contribution in [0.3, 0.4) is 0 Å². The highest BCUT2D eigenvalue weighted by molar-refractivity contribution is 5.43. The van der Waals surface area contributed by atoms with Crippen molar-refractivity contribution in [2.75, 3.05) is 14.2 Å². The van der Waals surface area contributed by atoms with E-state index in [0.29, 0.717) is 23.2 Å². The summed E-state index contributed by atoms with van der Waals surface area (Å²) in [6.45, 7) is 1.71. The average molecular weight is 249 g/mol. The summed E-state index contributed by atoms with van der Waals surface area (Å²) < 4.78 is 15.4. The Balaban J connectivity index is 2.41. The molecule has 0 aliphatic heterocycles. The normalized spacial score (nSPS) is 12.2. The Morgan fingerprint density at radius 3 is 2.61 bits per heavy atom. The Morgan fingerprint density at radius 1 is 1.28 bits per heavy atom.